The lowest BCUT2D eigenvalue weighted by molar-refractivity contribution is 0.833. The van der Waals surface area contributed by atoms with Crippen LogP contribution in [-0.4, -0.2) is 26.1 Å². The van der Waals surface area contributed by atoms with Crippen molar-refractivity contribution < 1.29 is 0 Å². The van der Waals surface area contributed by atoms with Crippen LogP contribution in [0.1, 0.15) is 38.8 Å². The number of nitrogens with zero attached hydrogens (tertiary/aromatic N) is 4. The SMILES string of the molecule is CCCNc1cc(-n2ccnc2CC)nc(CC)n1. The Morgan fingerprint density at radius 2 is 2.00 bits per heavy atom. The highest BCUT2D eigenvalue weighted by Crippen LogP contribution is 2.14. The number of aryl methyl sites for hydroxylation is 2. The third-order valence-electron chi connectivity index (χ3n) is 2.91. The summed E-state index contributed by atoms with van der Waals surface area (Å²) < 4.78 is 2.03. The molecule has 5 nitrogen and oxygen atoms in total. The molecule has 102 valence electrons. The zero-order valence-electron chi connectivity index (χ0n) is 11.8. The van der Waals surface area contributed by atoms with Gasteiger partial charge in [0, 0.05) is 37.8 Å². The lowest BCUT2D eigenvalue weighted by Crippen LogP contribution is -2.09. The molecule has 19 heavy (non-hydrogen) atoms. The van der Waals surface area contributed by atoms with Gasteiger partial charge in [0.05, 0.1) is 0 Å². The summed E-state index contributed by atoms with van der Waals surface area (Å²) >= 11 is 0. The summed E-state index contributed by atoms with van der Waals surface area (Å²) in [4.78, 5) is 13.4. The molecule has 0 aromatic carbocycles. The minimum Gasteiger partial charge on any atom is -0.370 e. The maximum atomic E-state index is 4.58. The Kier molecular flexibility index (Phi) is 4.49. The van der Waals surface area contributed by atoms with Gasteiger partial charge >= 0.3 is 0 Å². The van der Waals surface area contributed by atoms with Crippen LogP contribution in [0.15, 0.2) is 18.5 Å². The highest BCUT2D eigenvalue weighted by molar-refractivity contribution is 5.42. The van der Waals surface area contributed by atoms with E-state index >= 15 is 0 Å². The van der Waals surface area contributed by atoms with Gasteiger partial charge in [-0.25, -0.2) is 15.0 Å². The highest BCUT2D eigenvalue weighted by Gasteiger charge is 2.08. The molecule has 1 N–H and O–H groups in total. The van der Waals surface area contributed by atoms with Crippen molar-refractivity contribution >= 4 is 5.82 Å². The third kappa shape index (κ3) is 3.10. The summed E-state index contributed by atoms with van der Waals surface area (Å²) in [6, 6.07) is 1.98. The normalized spacial score (nSPS) is 10.7. The molecule has 0 aliphatic heterocycles. The van der Waals surface area contributed by atoms with E-state index in [1.807, 2.05) is 23.0 Å². The summed E-state index contributed by atoms with van der Waals surface area (Å²) in [6.07, 6.45) is 6.54. The molecule has 0 aliphatic rings. The van der Waals surface area contributed by atoms with Crippen LogP contribution in [0.3, 0.4) is 0 Å². The number of rotatable bonds is 6. The molecule has 0 atom stereocenters. The minimum absolute atomic E-state index is 0.824. The highest BCUT2D eigenvalue weighted by atomic mass is 15.1. The third-order valence-corrected chi connectivity index (χ3v) is 2.91. The van der Waals surface area contributed by atoms with Gasteiger partial charge in [0.1, 0.15) is 23.3 Å². The minimum atomic E-state index is 0.824. The topological polar surface area (TPSA) is 55.6 Å². The number of aromatic nitrogens is 4. The lowest BCUT2D eigenvalue weighted by Gasteiger charge is -2.10. The van der Waals surface area contributed by atoms with Gasteiger partial charge in [0.15, 0.2) is 0 Å². The molecule has 5 heteroatoms. The molecule has 2 aromatic heterocycles. The molecule has 2 heterocycles. The first-order chi connectivity index (χ1) is 9.28. The van der Waals surface area contributed by atoms with Crippen molar-refractivity contribution in [3.63, 3.8) is 0 Å². The molecular formula is C14H21N5. The number of imidazole rings is 1. The number of hydrogen-bond donors (Lipinski definition) is 1. The fourth-order valence-corrected chi connectivity index (χ4v) is 1.91. The van der Waals surface area contributed by atoms with E-state index in [0.717, 1.165) is 49.1 Å². The Morgan fingerprint density at radius 1 is 1.16 bits per heavy atom. The van der Waals surface area contributed by atoms with Crippen molar-refractivity contribution in [3.8, 4) is 5.82 Å². The largest absolute Gasteiger partial charge is 0.370 e. The van der Waals surface area contributed by atoms with Crippen LogP contribution in [0.4, 0.5) is 5.82 Å². The van der Waals surface area contributed by atoms with E-state index in [2.05, 4.69) is 41.0 Å². The van der Waals surface area contributed by atoms with Crippen LogP contribution < -0.4 is 5.32 Å². The maximum absolute atomic E-state index is 4.58. The van der Waals surface area contributed by atoms with Crippen molar-refractivity contribution in [2.75, 3.05) is 11.9 Å². The summed E-state index contributed by atoms with van der Waals surface area (Å²) in [5.41, 5.74) is 0. The van der Waals surface area contributed by atoms with E-state index in [9.17, 15) is 0 Å². The average Bonchev–Trinajstić information content (AvgIpc) is 2.93. The van der Waals surface area contributed by atoms with Gasteiger partial charge in [-0.15, -0.1) is 0 Å². The first-order valence-corrected chi connectivity index (χ1v) is 6.92. The van der Waals surface area contributed by atoms with Crippen LogP contribution in [-0.2, 0) is 12.8 Å². The second-order valence-electron chi connectivity index (χ2n) is 4.37. The van der Waals surface area contributed by atoms with Crippen molar-refractivity contribution in [1.29, 1.82) is 0 Å². The fourth-order valence-electron chi connectivity index (χ4n) is 1.91. The lowest BCUT2D eigenvalue weighted by atomic mass is 10.4. The molecule has 0 unspecified atom stereocenters. The monoisotopic (exact) mass is 259 g/mol. The Bertz CT molecular complexity index is 532. The van der Waals surface area contributed by atoms with Gasteiger partial charge in [-0.1, -0.05) is 20.8 Å². The molecule has 0 saturated carbocycles. The van der Waals surface area contributed by atoms with Crippen molar-refractivity contribution in [1.82, 2.24) is 19.5 Å². The van der Waals surface area contributed by atoms with E-state index in [-0.39, 0.29) is 0 Å². The van der Waals surface area contributed by atoms with E-state index in [1.165, 1.54) is 0 Å². The predicted molar refractivity (Wildman–Crippen MR) is 76.7 cm³/mol. The number of hydrogen-bond acceptors (Lipinski definition) is 4. The molecule has 0 amide bonds. The van der Waals surface area contributed by atoms with Crippen LogP contribution in [0, 0.1) is 0 Å². The smallest absolute Gasteiger partial charge is 0.143 e. The molecule has 2 aromatic rings. The van der Waals surface area contributed by atoms with Crippen LogP contribution in [0.25, 0.3) is 5.82 Å². The number of anilines is 1. The maximum Gasteiger partial charge on any atom is 0.143 e. The fraction of sp³-hybridized carbons (Fsp3) is 0.500. The summed E-state index contributed by atoms with van der Waals surface area (Å²) in [6.45, 7) is 7.22. The molecule has 0 fully saturated rings. The quantitative estimate of drug-likeness (QED) is 0.866. The summed E-state index contributed by atoms with van der Waals surface area (Å²) in [5, 5.41) is 3.32. The first kappa shape index (κ1) is 13.5. The van der Waals surface area contributed by atoms with Crippen LogP contribution >= 0.6 is 0 Å². The van der Waals surface area contributed by atoms with Gasteiger partial charge in [-0.3, -0.25) is 4.57 Å². The van der Waals surface area contributed by atoms with E-state index < -0.39 is 0 Å². The Balaban J connectivity index is 2.38. The Morgan fingerprint density at radius 3 is 2.68 bits per heavy atom. The summed E-state index contributed by atoms with van der Waals surface area (Å²) in [5.74, 6) is 3.65. The first-order valence-electron chi connectivity index (χ1n) is 6.92. The molecule has 0 bridgehead atoms. The van der Waals surface area contributed by atoms with E-state index in [1.54, 1.807) is 0 Å². The van der Waals surface area contributed by atoms with Crippen LogP contribution in [0.2, 0.25) is 0 Å². The van der Waals surface area contributed by atoms with Crippen molar-refractivity contribution in [3.05, 3.63) is 30.1 Å². The molecule has 0 spiro atoms. The average molecular weight is 259 g/mol. The molecule has 0 saturated heterocycles. The van der Waals surface area contributed by atoms with Crippen LogP contribution in [0.5, 0.6) is 0 Å². The molecule has 0 radical (unpaired) electrons. The zero-order valence-corrected chi connectivity index (χ0v) is 11.8. The van der Waals surface area contributed by atoms with Gasteiger partial charge in [0.2, 0.25) is 0 Å². The van der Waals surface area contributed by atoms with Gasteiger partial charge in [0.25, 0.3) is 0 Å². The van der Waals surface area contributed by atoms with Gasteiger partial charge in [-0.2, -0.15) is 0 Å². The molecule has 0 aliphatic carbocycles. The predicted octanol–water partition coefficient (Wildman–Crippen LogP) is 2.61. The molecule has 2 rings (SSSR count). The van der Waals surface area contributed by atoms with Gasteiger partial charge < -0.3 is 5.32 Å². The van der Waals surface area contributed by atoms with Gasteiger partial charge in [-0.05, 0) is 6.42 Å². The standard InChI is InChI=1S/C14H21N5/c1-4-7-15-12-10-14(18-11(5-2)17-12)19-9-8-16-13(19)6-3/h8-10H,4-7H2,1-3H3,(H,15,17,18). The molecular weight excluding hydrogens is 238 g/mol. The second kappa shape index (κ2) is 6.31. The van der Waals surface area contributed by atoms with Crippen molar-refractivity contribution in [2.45, 2.75) is 40.0 Å². The zero-order chi connectivity index (χ0) is 13.7. The number of nitrogens with one attached hydrogen (secondary N) is 1. The summed E-state index contributed by atoms with van der Waals surface area (Å²) in [7, 11) is 0. The van der Waals surface area contributed by atoms with E-state index in [4.69, 9.17) is 0 Å². The Hall–Kier alpha value is -1.91. The van der Waals surface area contributed by atoms with Crippen molar-refractivity contribution in [2.24, 2.45) is 0 Å². The Labute approximate surface area is 114 Å². The second-order valence-corrected chi connectivity index (χ2v) is 4.37. The van der Waals surface area contributed by atoms with E-state index in [0.29, 0.717) is 0 Å².